The predicted octanol–water partition coefficient (Wildman–Crippen LogP) is 2.05. The van der Waals surface area contributed by atoms with Crippen molar-refractivity contribution in [3.05, 3.63) is 0 Å². The molecule has 0 aliphatic rings. The van der Waals surface area contributed by atoms with Crippen LogP contribution in [0.25, 0.3) is 0 Å². The summed E-state index contributed by atoms with van der Waals surface area (Å²) < 4.78 is 5.21. The van der Waals surface area contributed by atoms with Crippen molar-refractivity contribution in [2.45, 2.75) is 26.7 Å². The lowest BCUT2D eigenvalue weighted by molar-refractivity contribution is -0.135. The number of hydrogen-bond acceptors (Lipinski definition) is 2. The van der Waals surface area contributed by atoms with Crippen LogP contribution in [-0.2, 0) is 9.53 Å². The Hall–Kier alpha value is -0.0900. The molecule has 0 atom stereocenters. The fourth-order valence-electron chi connectivity index (χ4n) is 1.13. The van der Waals surface area contributed by atoms with E-state index in [4.69, 9.17) is 4.74 Å². The molecule has 14 heavy (non-hydrogen) atoms. The minimum absolute atomic E-state index is 0.0970. The van der Waals surface area contributed by atoms with Gasteiger partial charge in [0.2, 0.25) is 5.91 Å². The van der Waals surface area contributed by atoms with E-state index in [2.05, 4.69) is 22.9 Å². The first-order chi connectivity index (χ1) is 6.76. The van der Waals surface area contributed by atoms with Gasteiger partial charge in [-0.05, 0) is 12.8 Å². The third-order valence-corrected chi connectivity index (χ3v) is 2.13. The standard InChI is InChI=1S/C10H20BrNO2/c1-3-6-12(7-5-11)10(13)9-14-8-4-2/h3-9H2,1-2H3. The summed E-state index contributed by atoms with van der Waals surface area (Å²) in [6.45, 7) is 6.58. The van der Waals surface area contributed by atoms with Gasteiger partial charge in [-0.15, -0.1) is 0 Å². The minimum Gasteiger partial charge on any atom is -0.372 e. The topological polar surface area (TPSA) is 29.5 Å². The van der Waals surface area contributed by atoms with Crippen LogP contribution in [0, 0.1) is 0 Å². The average molecular weight is 266 g/mol. The van der Waals surface area contributed by atoms with Crippen molar-refractivity contribution in [1.29, 1.82) is 0 Å². The highest BCUT2D eigenvalue weighted by molar-refractivity contribution is 9.09. The third-order valence-electron chi connectivity index (χ3n) is 1.77. The van der Waals surface area contributed by atoms with Gasteiger partial charge < -0.3 is 9.64 Å². The van der Waals surface area contributed by atoms with Crippen LogP contribution in [0.2, 0.25) is 0 Å². The smallest absolute Gasteiger partial charge is 0.248 e. The molecule has 0 spiro atoms. The quantitative estimate of drug-likeness (QED) is 0.497. The van der Waals surface area contributed by atoms with E-state index in [0.717, 1.165) is 31.3 Å². The molecule has 0 rings (SSSR count). The van der Waals surface area contributed by atoms with E-state index in [1.54, 1.807) is 0 Å². The molecule has 0 N–H and O–H groups in total. The molecule has 3 nitrogen and oxygen atoms in total. The molecule has 0 radical (unpaired) electrons. The Morgan fingerprint density at radius 1 is 1.29 bits per heavy atom. The number of carbonyl (C=O) groups excluding carboxylic acids is 1. The Kier molecular flexibility index (Phi) is 9.40. The number of carbonyl (C=O) groups is 1. The Morgan fingerprint density at radius 3 is 2.50 bits per heavy atom. The largest absolute Gasteiger partial charge is 0.372 e. The van der Waals surface area contributed by atoms with Crippen molar-refractivity contribution in [2.24, 2.45) is 0 Å². The second-order valence-electron chi connectivity index (χ2n) is 3.12. The zero-order chi connectivity index (χ0) is 10.8. The number of halogens is 1. The fraction of sp³-hybridized carbons (Fsp3) is 0.900. The average Bonchev–Trinajstić information content (AvgIpc) is 2.18. The molecule has 0 aromatic heterocycles. The SMILES string of the molecule is CCCOCC(=O)N(CCC)CCBr. The van der Waals surface area contributed by atoms with E-state index < -0.39 is 0 Å². The Morgan fingerprint density at radius 2 is 2.00 bits per heavy atom. The second kappa shape index (κ2) is 9.46. The van der Waals surface area contributed by atoms with E-state index in [-0.39, 0.29) is 12.5 Å². The van der Waals surface area contributed by atoms with Gasteiger partial charge in [0.1, 0.15) is 6.61 Å². The van der Waals surface area contributed by atoms with Gasteiger partial charge in [-0.1, -0.05) is 29.8 Å². The van der Waals surface area contributed by atoms with Crippen molar-refractivity contribution in [3.63, 3.8) is 0 Å². The number of nitrogens with zero attached hydrogens (tertiary/aromatic N) is 1. The summed E-state index contributed by atoms with van der Waals surface area (Å²) in [6, 6.07) is 0. The first-order valence-corrected chi connectivity index (χ1v) is 6.29. The van der Waals surface area contributed by atoms with Crippen LogP contribution in [0.1, 0.15) is 26.7 Å². The van der Waals surface area contributed by atoms with Gasteiger partial charge in [0.05, 0.1) is 0 Å². The van der Waals surface area contributed by atoms with Crippen LogP contribution < -0.4 is 0 Å². The molecule has 0 aromatic carbocycles. The Balaban J connectivity index is 3.76. The summed E-state index contributed by atoms with van der Waals surface area (Å²) in [5.41, 5.74) is 0. The monoisotopic (exact) mass is 265 g/mol. The summed E-state index contributed by atoms with van der Waals surface area (Å²) in [7, 11) is 0. The van der Waals surface area contributed by atoms with Gasteiger partial charge in [0.15, 0.2) is 0 Å². The second-order valence-corrected chi connectivity index (χ2v) is 3.92. The molecule has 0 aromatic rings. The maximum absolute atomic E-state index is 11.6. The number of ether oxygens (including phenoxy) is 1. The van der Waals surface area contributed by atoms with Gasteiger partial charge in [-0.2, -0.15) is 0 Å². The van der Waals surface area contributed by atoms with Gasteiger partial charge in [0, 0.05) is 25.0 Å². The zero-order valence-electron chi connectivity index (χ0n) is 9.09. The molecule has 0 aliphatic heterocycles. The van der Waals surface area contributed by atoms with Crippen molar-refractivity contribution in [3.8, 4) is 0 Å². The van der Waals surface area contributed by atoms with Crippen molar-refractivity contribution in [2.75, 3.05) is 31.6 Å². The summed E-state index contributed by atoms with van der Waals surface area (Å²) in [5, 5.41) is 0.826. The minimum atomic E-state index is 0.0970. The summed E-state index contributed by atoms with van der Waals surface area (Å²) in [4.78, 5) is 13.4. The first kappa shape index (κ1) is 13.9. The Bertz CT molecular complexity index is 147. The summed E-state index contributed by atoms with van der Waals surface area (Å²) in [5.74, 6) is 0.0970. The van der Waals surface area contributed by atoms with Crippen LogP contribution in [0.15, 0.2) is 0 Å². The number of amides is 1. The Labute approximate surface area is 94.9 Å². The van der Waals surface area contributed by atoms with E-state index in [0.29, 0.717) is 6.61 Å². The molecule has 1 amide bonds. The van der Waals surface area contributed by atoms with Crippen LogP contribution in [0.5, 0.6) is 0 Å². The lowest BCUT2D eigenvalue weighted by Gasteiger charge is -2.20. The summed E-state index contributed by atoms with van der Waals surface area (Å²) >= 11 is 3.34. The number of alkyl halides is 1. The predicted molar refractivity (Wildman–Crippen MR) is 61.8 cm³/mol. The third kappa shape index (κ3) is 6.38. The molecule has 0 fully saturated rings. The number of rotatable bonds is 8. The molecule has 0 saturated carbocycles. The molecule has 0 bridgehead atoms. The van der Waals surface area contributed by atoms with Gasteiger partial charge >= 0.3 is 0 Å². The normalized spacial score (nSPS) is 10.2. The maximum atomic E-state index is 11.6. The molecular formula is C10H20BrNO2. The first-order valence-electron chi connectivity index (χ1n) is 5.17. The molecule has 0 heterocycles. The number of hydrogen-bond donors (Lipinski definition) is 0. The molecule has 0 aliphatic carbocycles. The van der Waals surface area contributed by atoms with E-state index in [9.17, 15) is 4.79 Å². The van der Waals surface area contributed by atoms with Gasteiger partial charge in [0.25, 0.3) is 0 Å². The molecular weight excluding hydrogens is 246 g/mol. The zero-order valence-corrected chi connectivity index (χ0v) is 10.7. The molecule has 4 heteroatoms. The highest BCUT2D eigenvalue weighted by atomic mass is 79.9. The maximum Gasteiger partial charge on any atom is 0.248 e. The van der Waals surface area contributed by atoms with Crippen LogP contribution in [0.4, 0.5) is 0 Å². The van der Waals surface area contributed by atoms with E-state index in [1.165, 1.54) is 0 Å². The van der Waals surface area contributed by atoms with Crippen molar-refractivity contribution >= 4 is 21.8 Å². The highest BCUT2D eigenvalue weighted by Gasteiger charge is 2.11. The lowest BCUT2D eigenvalue weighted by atomic mass is 10.4. The molecule has 0 unspecified atom stereocenters. The highest BCUT2D eigenvalue weighted by Crippen LogP contribution is 1.96. The van der Waals surface area contributed by atoms with Crippen molar-refractivity contribution in [1.82, 2.24) is 4.90 Å². The summed E-state index contributed by atoms with van der Waals surface area (Å²) in [6.07, 6.45) is 1.95. The van der Waals surface area contributed by atoms with Gasteiger partial charge in [-0.3, -0.25) is 4.79 Å². The molecule has 84 valence electrons. The van der Waals surface area contributed by atoms with E-state index in [1.807, 2.05) is 11.8 Å². The molecule has 0 saturated heterocycles. The van der Waals surface area contributed by atoms with E-state index >= 15 is 0 Å². The van der Waals surface area contributed by atoms with Crippen LogP contribution in [-0.4, -0.2) is 42.4 Å². The van der Waals surface area contributed by atoms with Crippen LogP contribution >= 0.6 is 15.9 Å². The van der Waals surface area contributed by atoms with Gasteiger partial charge in [-0.25, -0.2) is 0 Å². The van der Waals surface area contributed by atoms with Crippen molar-refractivity contribution < 1.29 is 9.53 Å². The fourth-order valence-corrected chi connectivity index (χ4v) is 1.56. The van der Waals surface area contributed by atoms with Crippen LogP contribution in [0.3, 0.4) is 0 Å². The lowest BCUT2D eigenvalue weighted by Crippen LogP contribution is -2.36.